The molecule has 5 nitrogen and oxygen atoms in total. The minimum Gasteiger partial charge on any atom is -0.353 e. The summed E-state index contributed by atoms with van der Waals surface area (Å²) < 4.78 is 0. The summed E-state index contributed by atoms with van der Waals surface area (Å²) >= 11 is 0. The first-order valence-electron chi connectivity index (χ1n) is 9.18. The Morgan fingerprint density at radius 3 is 2.38 bits per heavy atom. The Morgan fingerprint density at radius 2 is 1.77 bits per heavy atom. The number of hydrogen-bond donors (Lipinski definition) is 1. The molecular formula is C21H28N4O. The van der Waals surface area contributed by atoms with Gasteiger partial charge in [0.1, 0.15) is 5.82 Å². The number of hydrogen-bond acceptors (Lipinski definition) is 3. The van der Waals surface area contributed by atoms with Gasteiger partial charge in [-0.1, -0.05) is 45.0 Å². The zero-order valence-corrected chi connectivity index (χ0v) is 16.1. The van der Waals surface area contributed by atoms with E-state index in [1.807, 2.05) is 36.1 Å². The summed E-state index contributed by atoms with van der Waals surface area (Å²) in [6, 6.07) is 12.1. The Labute approximate surface area is 156 Å². The van der Waals surface area contributed by atoms with E-state index in [0.29, 0.717) is 13.1 Å². The number of carbonyl (C=O) groups is 1. The lowest BCUT2D eigenvalue weighted by molar-refractivity contribution is 0.208. The first-order chi connectivity index (χ1) is 12.4. The average Bonchev–Trinajstić information content (AvgIpc) is 2.63. The number of aryl methyl sites for hydroxylation is 1. The van der Waals surface area contributed by atoms with Crippen LogP contribution in [0.4, 0.5) is 16.3 Å². The fourth-order valence-corrected chi connectivity index (χ4v) is 3.32. The van der Waals surface area contributed by atoms with E-state index in [1.165, 1.54) is 0 Å². The molecule has 2 aromatic rings. The number of pyridine rings is 1. The van der Waals surface area contributed by atoms with E-state index in [1.54, 1.807) is 6.20 Å². The SMILES string of the molecule is Cc1cccc(C(C)(C)C)c1NC(=O)N1CCN(c2ccccn2)CC1. The summed E-state index contributed by atoms with van der Waals surface area (Å²) in [7, 11) is 0. The maximum absolute atomic E-state index is 12.8. The molecule has 0 saturated carbocycles. The second kappa shape index (κ2) is 7.36. The third-order valence-corrected chi connectivity index (χ3v) is 4.85. The number of benzene rings is 1. The molecule has 26 heavy (non-hydrogen) atoms. The molecule has 0 unspecified atom stereocenters. The topological polar surface area (TPSA) is 48.5 Å². The van der Waals surface area contributed by atoms with Crippen LogP contribution in [0.5, 0.6) is 0 Å². The number of anilines is 2. The highest BCUT2D eigenvalue weighted by molar-refractivity contribution is 5.91. The first kappa shape index (κ1) is 18.2. The maximum Gasteiger partial charge on any atom is 0.321 e. The van der Waals surface area contributed by atoms with Gasteiger partial charge in [0.05, 0.1) is 0 Å². The number of aromatic nitrogens is 1. The summed E-state index contributed by atoms with van der Waals surface area (Å²) in [6.45, 7) is 11.5. The normalized spacial score (nSPS) is 15.1. The standard InChI is InChI=1S/C21H28N4O/c1-16-8-7-9-17(21(2,3)4)19(16)23-20(26)25-14-12-24(13-15-25)18-10-5-6-11-22-18/h5-11H,12-15H2,1-4H3,(H,23,26). The number of carbonyl (C=O) groups excluding carboxylic acids is 1. The third-order valence-electron chi connectivity index (χ3n) is 4.85. The van der Waals surface area contributed by atoms with Gasteiger partial charge in [-0.15, -0.1) is 0 Å². The summed E-state index contributed by atoms with van der Waals surface area (Å²) in [5.74, 6) is 0.974. The summed E-state index contributed by atoms with van der Waals surface area (Å²) in [5, 5.41) is 3.16. The van der Waals surface area contributed by atoms with Crippen molar-refractivity contribution < 1.29 is 4.79 Å². The van der Waals surface area contributed by atoms with E-state index < -0.39 is 0 Å². The molecule has 0 bridgehead atoms. The molecule has 1 aromatic carbocycles. The average molecular weight is 352 g/mol. The van der Waals surface area contributed by atoms with Crippen molar-refractivity contribution in [3.63, 3.8) is 0 Å². The highest BCUT2D eigenvalue weighted by Gasteiger charge is 2.25. The van der Waals surface area contributed by atoms with Crippen molar-refractivity contribution in [2.45, 2.75) is 33.1 Å². The van der Waals surface area contributed by atoms with E-state index in [9.17, 15) is 4.79 Å². The van der Waals surface area contributed by atoms with Gasteiger partial charge in [0.25, 0.3) is 0 Å². The quantitative estimate of drug-likeness (QED) is 0.887. The van der Waals surface area contributed by atoms with Crippen molar-refractivity contribution in [3.05, 3.63) is 53.7 Å². The van der Waals surface area contributed by atoms with E-state index in [-0.39, 0.29) is 11.4 Å². The summed E-state index contributed by atoms with van der Waals surface area (Å²) in [6.07, 6.45) is 1.81. The lowest BCUT2D eigenvalue weighted by Crippen LogP contribution is -2.50. The van der Waals surface area contributed by atoms with Crippen LogP contribution in [0.3, 0.4) is 0 Å². The van der Waals surface area contributed by atoms with E-state index in [0.717, 1.165) is 35.7 Å². The van der Waals surface area contributed by atoms with E-state index in [4.69, 9.17) is 0 Å². The number of piperazine rings is 1. The van der Waals surface area contributed by atoms with Crippen LogP contribution in [0.25, 0.3) is 0 Å². The molecule has 3 rings (SSSR count). The zero-order valence-electron chi connectivity index (χ0n) is 16.1. The maximum atomic E-state index is 12.8. The number of amides is 2. The number of para-hydroxylation sites is 1. The van der Waals surface area contributed by atoms with Crippen LogP contribution in [0.1, 0.15) is 31.9 Å². The Balaban J connectivity index is 1.67. The first-order valence-corrected chi connectivity index (χ1v) is 9.18. The van der Waals surface area contributed by atoms with Gasteiger partial charge in [0.15, 0.2) is 0 Å². The molecule has 2 amide bonds. The van der Waals surface area contributed by atoms with Crippen LogP contribution in [0.15, 0.2) is 42.6 Å². The highest BCUT2D eigenvalue weighted by Crippen LogP contribution is 2.32. The van der Waals surface area contributed by atoms with Crippen LogP contribution in [-0.2, 0) is 5.41 Å². The van der Waals surface area contributed by atoms with Gasteiger partial charge in [-0.05, 0) is 35.6 Å². The van der Waals surface area contributed by atoms with Crippen molar-refractivity contribution in [2.75, 3.05) is 36.4 Å². The number of rotatable bonds is 2. The van der Waals surface area contributed by atoms with Crippen LogP contribution < -0.4 is 10.2 Å². The molecule has 0 spiro atoms. The van der Waals surface area contributed by atoms with E-state index >= 15 is 0 Å². The Hall–Kier alpha value is -2.56. The minimum atomic E-state index is -0.0227. The monoisotopic (exact) mass is 352 g/mol. The van der Waals surface area contributed by atoms with Crippen LogP contribution in [0, 0.1) is 6.92 Å². The van der Waals surface area contributed by atoms with E-state index in [2.05, 4.69) is 48.1 Å². The van der Waals surface area contributed by atoms with Gasteiger partial charge in [-0.3, -0.25) is 0 Å². The molecule has 1 fully saturated rings. The summed E-state index contributed by atoms with van der Waals surface area (Å²) in [5.41, 5.74) is 3.18. The van der Waals surface area contributed by atoms with Gasteiger partial charge >= 0.3 is 6.03 Å². The Bertz CT molecular complexity index is 759. The molecule has 2 heterocycles. The molecule has 0 aliphatic carbocycles. The Kier molecular flexibility index (Phi) is 5.16. The molecule has 138 valence electrons. The number of nitrogens with zero attached hydrogens (tertiary/aromatic N) is 3. The minimum absolute atomic E-state index is 0.0215. The fraction of sp³-hybridized carbons (Fsp3) is 0.429. The van der Waals surface area contributed by atoms with Crippen molar-refractivity contribution in [3.8, 4) is 0 Å². The third kappa shape index (κ3) is 3.98. The molecule has 1 aliphatic heterocycles. The fourth-order valence-electron chi connectivity index (χ4n) is 3.32. The smallest absolute Gasteiger partial charge is 0.321 e. The zero-order chi connectivity index (χ0) is 18.7. The van der Waals surface area contributed by atoms with Gasteiger partial charge in [0, 0.05) is 38.1 Å². The number of nitrogens with one attached hydrogen (secondary N) is 1. The second-order valence-electron chi connectivity index (χ2n) is 7.84. The van der Waals surface area contributed by atoms with Crippen LogP contribution in [0.2, 0.25) is 0 Å². The second-order valence-corrected chi connectivity index (χ2v) is 7.84. The van der Waals surface area contributed by atoms with Crippen LogP contribution >= 0.6 is 0 Å². The van der Waals surface area contributed by atoms with Gasteiger partial charge in [0.2, 0.25) is 0 Å². The molecule has 0 atom stereocenters. The predicted molar refractivity (Wildman–Crippen MR) is 107 cm³/mol. The molecule has 1 saturated heterocycles. The highest BCUT2D eigenvalue weighted by atomic mass is 16.2. The largest absolute Gasteiger partial charge is 0.353 e. The van der Waals surface area contributed by atoms with Crippen molar-refractivity contribution in [1.82, 2.24) is 9.88 Å². The molecule has 5 heteroatoms. The van der Waals surface area contributed by atoms with Crippen molar-refractivity contribution in [2.24, 2.45) is 0 Å². The van der Waals surface area contributed by atoms with Crippen molar-refractivity contribution >= 4 is 17.5 Å². The lowest BCUT2D eigenvalue weighted by Gasteiger charge is -2.36. The van der Waals surface area contributed by atoms with Gasteiger partial charge in [-0.25, -0.2) is 9.78 Å². The van der Waals surface area contributed by atoms with Gasteiger partial charge < -0.3 is 15.1 Å². The molecule has 1 N–H and O–H groups in total. The molecule has 0 radical (unpaired) electrons. The van der Waals surface area contributed by atoms with Crippen LogP contribution in [-0.4, -0.2) is 42.1 Å². The number of urea groups is 1. The van der Waals surface area contributed by atoms with Crippen molar-refractivity contribution in [1.29, 1.82) is 0 Å². The Morgan fingerprint density at radius 1 is 1.04 bits per heavy atom. The predicted octanol–water partition coefficient (Wildman–Crippen LogP) is 4.04. The molecule has 1 aliphatic rings. The van der Waals surface area contributed by atoms with Gasteiger partial charge in [-0.2, -0.15) is 0 Å². The molecular weight excluding hydrogens is 324 g/mol. The molecule has 1 aromatic heterocycles. The summed E-state index contributed by atoms with van der Waals surface area (Å²) in [4.78, 5) is 21.3. The lowest BCUT2D eigenvalue weighted by atomic mass is 9.84.